The van der Waals surface area contributed by atoms with Gasteiger partial charge in [0.15, 0.2) is 6.29 Å². The summed E-state index contributed by atoms with van der Waals surface area (Å²) in [6.07, 6.45) is 15.8. The molecule has 9 heteroatoms. The minimum absolute atomic E-state index is 0.108. The van der Waals surface area contributed by atoms with Crippen molar-refractivity contribution in [1.82, 2.24) is 0 Å². The molecule has 1 saturated heterocycles. The second-order valence-electron chi connectivity index (χ2n) is 12.0. The number of carbonyl (C=O) groups is 1. The average Bonchev–Trinajstić information content (AvgIpc) is 2.99. The quantitative estimate of drug-likeness (QED) is 0.0667. The van der Waals surface area contributed by atoms with Crippen LogP contribution in [0.2, 0.25) is 0 Å². The highest BCUT2D eigenvalue weighted by molar-refractivity contribution is 5.69. The van der Waals surface area contributed by atoms with Gasteiger partial charge in [-0.3, -0.25) is 4.79 Å². The standard InChI is InChI=1S/C33H64O9/c1-3-5-7-9-11-12-13-14-15-16-17-19-21-23-39-25-27(41-29(35)22-20-18-10-8-6-4-2)26-40-33-32(38)31(37)30(36)28(24-34)42-33/h27-28,30-34,36-38H,3-26H2,1-2H3. The highest BCUT2D eigenvalue weighted by atomic mass is 16.7. The third-order valence-corrected chi connectivity index (χ3v) is 8.02. The minimum atomic E-state index is -1.53. The van der Waals surface area contributed by atoms with Gasteiger partial charge in [0.05, 0.1) is 19.8 Å². The van der Waals surface area contributed by atoms with Crippen LogP contribution in [0.4, 0.5) is 0 Å². The van der Waals surface area contributed by atoms with Gasteiger partial charge in [0, 0.05) is 13.0 Å². The van der Waals surface area contributed by atoms with Crippen LogP contribution in [0.3, 0.4) is 0 Å². The lowest BCUT2D eigenvalue weighted by molar-refractivity contribution is -0.305. The molecule has 1 heterocycles. The third kappa shape index (κ3) is 18.8. The first-order valence-electron chi connectivity index (χ1n) is 17.1. The largest absolute Gasteiger partial charge is 0.457 e. The van der Waals surface area contributed by atoms with Crippen molar-refractivity contribution in [2.24, 2.45) is 0 Å². The predicted molar refractivity (Wildman–Crippen MR) is 164 cm³/mol. The number of aliphatic hydroxyl groups excluding tert-OH is 4. The molecule has 42 heavy (non-hydrogen) atoms. The van der Waals surface area contributed by atoms with Crippen LogP contribution in [-0.2, 0) is 23.7 Å². The highest BCUT2D eigenvalue weighted by Crippen LogP contribution is 2.22. The van der Waals surface area contributed by atoms with Crippen LogP contribution >= 0.6 is 0 Å². The van der Waals surface area contributed by atoms with Gasteiger partial charge in [-0.25, -0.2) is 0 Å². The van der Waals surface area contributed by atoms with Crippen molar-refractivity contribution in [2.45, 2.75) is 179 Å². The molecular formula is C33H64O9. The number of esters is 1. The number of rotatable bonds is 28. The summed E-state index contributed by atoms with van der Waals surface area (Å²) in [5.41, 5.74) is 0. The number of ether oxygens (including phenoxy) is 4. The summed E-state index contributed by atoms with van der Waals surface area (Å²) < 4.78 is 22.5. The van der Waals surface area contributed by atoms with Crippen molar-refractivity contribution in [3.8, 4) is 0 Å². The maximum absolute atomic E-state index is 12.5. The Morgan fingerprint density at radius 1 is 0.667 bits per heavy atom. The van der Waals surface area contributed by atoms with E-state index >= 15 is 0 Å². The van der Waals surface area contributed by atoms with Crippen molar-refractivity contribution < 1.29 is 44.2 Å². The monoisotopic (exact) mass is 604 g/mol. The third-order valence-electron chi connectivity index (χ3n) is 8.02. The van der Waals surface area contributed by atoms with Gasteiger partial charge in [-0.05, 0) is 12.8 Å². The van der Waals surface area contributed by atoms with Gasteiger partial charge in [0.2, 0.25) is 0 Å². The van der Waals surface area contributed by atoms with Crippen LogP contribution in [-0.4, -0.2) is 89.6 Å². The molecule has 6 unspecified atom stereocenters. The number of aliphatic hydroxyl groups is 4. The van der Waals surface area contributed by atoms with Crippen LogP contribution in [0.25, 0.3) is 0 Å². The van der Waals surface area contributed by atoms with Crippen molar-refractivity contribution in [3.63, 3.8) is 0 Å². The van der Waals surface area contributed by atoms with E-state index in [0.717, 1.165) is 32.1 Å². The van der Waals surface area contributed by atoms with E-state index < -0.39 is 43.4 Å². The molecule has 9 nitrogen and oxygen atoms in total. The number of hydrogen-bond acceptors (Lipinski definition) is 9. The molecule has 0 aromatic heterocycles. The van der Waals surface area contributed by atoms with E-state index in [2.05, 4.69) is 13.8 Å². The first-order valence-corrected chi connectivity index (χ1v) is 17.1. The Labute approximate surface area is 255 Å². The average molecular weight is 605 g/mol. The van der Waals surface area contributed by atoms with Gasteiger partial charge >= 0.3 is 5.97 Å². The summed E-state index contributed by atoms with van der Waals surface area (Å²) in [4.78, 5) is 12.5. The van der Waals surface area contributed by atoms with Gasteiger partial charge in [0.1, 0.15) is 30.5 Å². The lowest BCUT2D eigenvalue weighted by Gasteiger charge is -2.39. The molecule has 250 valence electrons. The van der Waals surface area contributed by atoms with Crippen molar-refractivity contribution >= 4 is 5.97 Å². The zero-order valence-corrected chi connectivity index (χ0v) is 26.8. The summed E-state index contributed by atoms with van der Waals surface area (Å²) in [5.74, 6) is -0.322. The van der Waals surface area contributed by atoms with Crippen molar-refractivity contribution in [3.05, 3.63) is 0 Å². The zero-order valence-electron chi connectivity index (χ0n) is 26.8. The van der Waals surface area contributed by atoms with Crippen molar-refractivity contribution in [2.75, 3.05) is 26.4 Å². The van der Waals surface area contributed by atoms with Crippen LogP contribution < -0.4 is 0 Å². The molecule has 1 rings (SSSR count). The molecule has 0 aromatic rings. The van der Waals surface area contributed by atoms with Gasteiger partial charge in [0.25, 0.3) is 0 Å². The first-order chi connectivity index (χ1) is 20.4. The van der Waals surface area contributed by atoms with E-state index in [9.17, 15) is 25.2 Å². The fraction of sp³-hybridized carbons (Fsp3) is 0.970. The molecule has 0 spiro atoms. The zero-order chi connectivity index (χ0) is 30.8. The lowest BCUT2D eigenvalue weighted by atomic mass is 9.99. The van der Waals surface area contributed by atoms with E-state index in [1.807, 2.05) is 0 Å². The second kappa shape index (κ2) is 26.6. The molecule has 6 atom stereocenters. The Bertz CT molecular complexity index is 618. The normalized spacial score (nSPS) is 23.2. The molecule has 0 radical (unpaired) electrons. The maximum atomic E-state index is 12.5. The molecule has 0 saturated carbocycles. The van der Waals surface area contributed by atoms with Gasteiger partial charge < -0.3 is 39.4 Å². The number of hydrogen-bond donors (Lipinski definition) is 4. The van der Waals surface area contributed by atoms with Crippen LogP contribution in [0.15, 0.2) is 0 Å². The van der Waals surface area contributed by atoms with Crippen LogP contribution in [0.1, 0.15) is 142 Å². The van der Waals surface area contributed by atoms with Gasteiger partial charge in [-0.2, -0.15) is 0 Å². The lowest BCUT2D eigenvalue weighted by Crippen LogP contribution is -2.59. The fourth-order valence-electron chi connectivity index (χ4n) is 5.25. The molecule has 1 fully saturated rings. The molecule has 1 aliphatic rings. The summed E-state index contributed by atoms with van der Waals surface area (Å²) in [6.45, 7) is 4.49. The molecule has 0 aromatic carbocycles. The Kier molecular flexibility index (Phi) is 24.8. The van der Waals surface area contributed by atoms with Crippen molar-refractivity contribution in [1.29, 1.82) is 0 Å². The number of unbranched alkanes of at least 4 members (excludes halogenated alkanes) is 17. The minimum Gasteiger partial charge on any atom is -0.457 e. The summed E-state index contributed by atoms with van der Waals surface area (Å²) in [6, 6.07) is 0. The molecule has 4 N–H and O–H groups in total. The Morgan fingerprint density at radius 2 is 1.17 bits per heavy atom. The maximum Gasteiger partial charge on any atom is 0.306 e. The van der Waals surface area contributed by atoms with Gasteiger partial charge in [-0.1, -0.05) is 123 Å². The molecule has 0 bridgehead atoms. The number of carbonyl (C=O) groups excluding carboxylic acids is 1. The Hall–Kier alpha value is -0.810. The fourth-order valence-corrected chi connectivity index (χ4v) is 5.25. The van der Waals surface area contributed by atoms with E-state index in [1.54, 1.807) is 0 Å². The Morgan fingerprint density at radius 3 is 1.69 bits per heavy atom. The molecule has 0 aliphatic carbocycles. The smallest absolute Gasteiger partial charge is 0.306 e. The van der Waals surface area contributed by atoms with E-state index in [-0.39, 0.29) is 19.2 Å². The van der Waals surface area contributed by atoms with Crippen LogP contribution in [0, 0.1) is 0 Å². The van der Waals surface area contributed by atoms with E-state index in [1.165, 1.54) is 89.9 Å². The first kappa shape index (κ1) is 39.2. The predicted octanol–water partition coefficient (Wildman–Crippen LogP) is 5.57. The summed E-state index contributed by atoms with van der Waals surface area (Å²) >= 11 is 0. The molecular weight excluding hydrogens is 540 g/mol. The summed E-state index contributed by atoms with van der Waals surface area (Å²) in [5, 5.41) is 39.7. The van der Waals surface area contributed by atoms with E-state index in [4.69, 9.17) is 18.9 Å². The van der Waals surface area contributed by atoms with Gasteiger partial charge in [-0.15, -0.1) is 0 Å². The Balaban J connectivity index is 2.32. The SMILES string of the molecule is CCCCCCCCCCCCCCCOCC(COC1OC(CO)C(O)C(O)C1O)OC(=O)CCCCCCCC. The second-order valence-corrected chi connectivity index (χ2v) is 12.0. The highest BCUT2D eigenvalue weighted by Gasteiger charge is 2.44. The summed E-state index contributed by atoms with van der Waals surface area (Å²) in [7, 11) is 0. The van der Waals surface area contributed by atoms with Crippen LogP contribution in [0.5, 0.6) is 0 Å². The molecule has 0 amide bonds. The molecule has 1 aliphatic heterocycles. The topological polar surface area (TPSA) is 135 Å². The van der Waals surface area contributed by atoms with E-state index in [0.29, 0.717) is 13.0 Å².